The summed E-state index contributed by atoms with van der Waals surface area (Å²) < 4.78 is 40.0. The summed E-state index contributed by atoms with van der Waals surface area (Å²) in [6.45, 7) is 10.1. The van der Waals surface area contributed by atoms with Crippen molar-refractivity contribution in [1.82, 2.24) is 0 Å². The lowest BCUT2D eigenvalue weighted by Gasteiger charge is -2.17. The summed E-state index contributed by atoms with van der Waals surface area (Å²) in [5.74, 6) is 2.07. The molecule has 0 aliphatic rings. The highest BCUT2D eigenvalue weighted by atomic mass is 32.2. The standard InChI is InChI=1S/C24H27NO4S/c1-6-28-21-11-13-23(14-12-21)29-22-9-7-20(8-10-22)25-30(26,27)24-18(4)16(2)15-17(3)19(24)5/h7-15,25H,6H2,1-5H3. The number of anilines is 1. The van der Waals surface area contributed by atoms with Crippen LogP contribution in [0.25, 0.3) is 0 Å². The van der Waals surface area contributed by atoms with Crippen molar-refractivity contribution in [2.45, 2.75) is 39.5 Å². The van der Waals surface area contributed by atoms with Gasteiger partial charge in [0.05, 0.1) is 11.5 Å². The summed E-state index contributed by atoms with van der Waals surface area (Å²) in [6.07, 6.45) is 0. The van der Waals surface area contributed by atoms with Crippen LogP contribution in [-0.2, 0) is 10.0 Å². The van der Waals surface area contributed by atoms with Crippen molar-refractivity contribution in [2.75, 3.05) is 11.3 Å². The molecule has 0 radical (unpaired) electrons. The maximum atomic E-state index is 13.1. The molecule has 3 aromatic carbocycles. The van der Waals surface area contributed by atoms with Gasteiger partial charge in [-0.2, -0.15) is 0 Å². The molecule has 0 fully saturated rings. The highest BCUT2D eigenvalue weighted by molar-refractivity contribution is 7.92. The Hall–Kier alpha value is -2.99. The highest BCUT2D eigenvalue weighted by Gasteiger charge is 2.22. The molecule has 0 unspecified atom stereocenters. The number of rotatable bonds is 7. The Morgan fingerprint density at radius 1 is 0.767 bits per heavy atom. The number of ether oxygens (including phenoxy) is 2. The van der Waals surface area contributed by atoms with Gasteiger partial charge in [-0.1, -0.05) is 6.07 Å². The van der Waals surface area contributed by atoms with Gasteiger partial charge >= 0.3 is 0 Å². The van der Waals surface area contributed by atoms with E-state index >= 15 is 0 Å². The monoisotopic (exact) mass is 425 g/mol. The van der Waals surface area contributed by atoms with E-state index in [1.165, 1.54) is 0 Å². The Balaban J connectivity index is 1.77. The molecular weight excluding hydrogens is 398 g/mol. The highest BCUT2D eigenvalue weighted by Crippen LogP contribution is 2.29. The van der Waals surface area contributed by atoms with Crippen LogP contribution in [0.1, 0.15) is 29.2 Å². The molecule has 0 aromatic heterocycles. The smallest absolute Gasteiger partial charge is 0.262 e. The predicted octanol–water partition coefficient (Wildman–Crippen LogP) is 5.91. The van der Waals surface area contributed by atoms with Gasteiger partial charge in [-0.3, -0.25) is 4.72 Å². The third-order valence-electron chi connectivity index (χ3n) is 5.04. The Bertz CT molecular complexity index is 1110. The molecule has 0 spiro atoms. The molecule has 3 rings (SSSR count). The summed E-state index contributed by atoms with van der Waals surface area (Å²) in [5.41, 5.74) is 3.92. The summed E-state index contributed by atoms with van der Waals surface area (Å²) in [7, 11) is -3.71. The SMILES string of the molecule is CCOc1ccc(Oc2ccc(NS(=O)(=O)c3c(C)c(C)cc(C)c3C)cc2)cc1. The van der Waals surface area contributed by atoms with Crippen LogP contribution in [0.2, 0.25) is 0 Å². The van der Waals surface area contributed by atoms with E-state index in [9.17, 15) is 8.42 Å². The molecule has 5 nitrogen and oxygen atoms in total. The molecule has 0 amide bonds. The summed E-state index contributed by atoms with van der Waals surface area (Å²) in [5, 5.41) is 0. The van der Waals surface area contributed by atoms with E-state index in [0.717, 1.165) is 28.0 Å². The van der Waals surface area contributed by atoms with Crippen LogP contribution in [0.15, 0.2) is 59.5 Å². The first-order valence-corrected chi connectivity index (χ1v) is 11.3. The van der Waals surface area contributed by atoms with Crippen molar-refractivity contribution in [1.29, 1.82) is 0 Å². The van der Waals surface area contributed by atoms with E-state index in [2.05, 4.69) is 4.72 Å². The largest absolute Gasteiger partial charge is 0.494 e. The first-order chi connectivity index (χ1) is 14.2. The van der Waals surface area contributed by atoms with Gasteiger partial charge in [-0.15, -0.1) is 0 Å². The van der Waals surface area contributed by atoms with Gasteiger partial charge in [0.15, 0.2) is 0 Å². The van der Waals surface area contributed by atoms with Gasteiger partial charge in [0, 0.05) is 5.69 Å². The molecule has 0 bridgehead atoms. The van der Waals surface area contributed by atoms with E-state index < -0.39 is 10.0 Å². The summed E-state index contributed by atoms with van der Waals surface area (Å²) in [4.78, 5) is 0.342. The second kappa shape index (κ2) is 8.79. The van der Waals surface area contributed by atoms with Crippen molar-refractivity contribution < 1.29 is 17.9 Å². The third-order valence-corrected chi connectivity index (χ3v) is 6.70. The van der Waals surface area contributed by atoms with Crippen molar-refractivity contribution >= 4 is 15.7 Å². The van der Waals surface area contributed by atoms with Gasteiger partial charge in [-0.25, -0.2) is 8.42 Å². The molecule has 158 valence electrons. The number of benzene rings is 3. The molecule has 0 aliphatic heterocycles. The van der Waals surface area contributed by atoms with Crippen molar-refractivity contribution in [3.05, 3.63) is 76.9 Å². The average Bonchev–Trinajstić information content (AvgIpc) is 2.69. The van der Waals surface area contributed by atoms with Crippen LogP contribution in [0.3, 0.4) is 0 Å². The molecule has 0 atom stereocenters. The third kappa shape index (κ3) is 4.76. The zero-order chi connectivity index (χ0) is 21.9. The van der Waals surface area contributed by atoms with Crippen LogP contribution >= 0.6 is 0 Å². The number of hydrogen-bond donors (Lipinski definition) is 1. The van der Waals surface area contributed by atoms with Crippen LogP contribution in [0, 0.1) is 27.7 Å². The number of hydrogen-bond acceptors (Lipinski definition) is 4. The Morgan fingerprint density at radius 2 is 1.23 bits per heavy atom. The topological polar surface area (TPSA) is 64.6 Å². The van der Waals surface area contributed by atoms with Crippen molar-refractivity contribution in [3.63, 3.8) is 0 Å². The molecule has 0 aliphatic carbocycles. The summed E-state index contributed by atoms with van der Waals surface area (Å²) >= 11 is 0. The van der Waals surface area contributed by atoms with Crippen molar-refractivity contribution in [3.8, 4) is 17.2 Å². The van der Waals surface area contributed by atoms with Gasteiger partial charge in [-0.05, 0) is 105 Å². The Labute approximate surface area is 178 Å². The van der Waals surface area contributed by atoms with E-state index in [1.54, 1.807) is 24.3 Å². The molecule has 1 N–H and O–H groups in total. The fraction of sp³-hybridized carbons (Fsp3) is 0.250. The lowest BCUT2D eigenvalue weighted by Crippen LogP contribution is -2.17. The lowest BCUT2D eigenvalue weighted by molar-refractivity contribution is 0.339. The number of sulfonamides is 1. The molecule has 0 saturated carbocycles. The Morgan fingerprint density at radius 3 is 1.73 bits per heavy atom. The van der Waals surface area contributed by atoms with Crippen molar-refractivity contribution in [2.24, 2.45) is 0 Å². The van der Waals surface area contributed by atoms with Crippen LogP contribution in [0.5, 0.6) is 17.2 Å². The minimum atomic E-state index is -3.71. The molecule has 0 saturated heterocycles. The zero-order valence-electron chi connectivity index (χ0n) is 17.9. The lowest BCUT2D eigenvalue weighted by atomic mass is 10.0. The summed E-state index contributed by atoms with van der Waals surface area (Å²) in [6, 6.07) is 16.2. The fourth-order valence-electron chi connectivity index (χ4n) is 3.29. The zero-order valence-corrected chi connectivity index (χ0v) is 18.8. The quantitative estimate of drug-likeness (QED) is 0.511. The molecule has 3 aromatic rings. The predicted molar refractivity (Wildman–Crippen MR) is 120 cm³/mol. The normalized spacial score (nSPS) is 11.2. The molecule has 6 heteroatoms. The molecular formula is C24H27NO4S. The minimum absolute atomic E-state index is 0.342. The van der Waals surface area contributed by atoms with E-state index in [4.69, 9.17) is 9.47 Å². The number of nitrogens with one attached hydrogen (secondary N) is 1. The van der Waals surface area contributed by atoms with Gasteiger partial charge in [0.1, 0.15) is 17.2 Å². The maximum absolute atomic E-state index is 13.1. The Kier molecular flexibility index (Phi) is 6.37. The van der Waals surface area contributed by atoms with E-state index in [0.29, 0.717) is 28.7 Å². The fourth-order valence-corrected chi connectivity index (χ4v) is 4.96. The van der Waals surface area contributed by atoms with Gasteiger partial charge in [0.25, 0.3) is 10.0 Å². The van der Waals surface area contributed by atoms with Crippen LogP contribution < -0.4 is 14.2 Å². The molecule has 30 heavy (non-hydrogen) atoms. The van der Waals surface area contributed by atoms with E-state index in [1.807, 2.05) is 65.0 Å². The van der Waals surface area contributed by atoms with E-state index in [-0.39, 0.29) is 0 Å². The second-order valence-corrected chi connectivity index (χ2v) is 8.85. The first-order valence-electron chi connectivity index (χ1n) is 9.82. The molecule has 0 heterocycles. The van der Waals surface area contributed by atoms with Gasteiger partial charge in [0.2, 0.25) is 0 Å². The average molecular weight is 426 g/mol. The first kappa shape index (κ1) is 21.7. The number of aryl methyl sites for hydroxylation is 2. The minimum Gasteiger partial charge on any atom is -0.494 e. The van der Waals surface area contributed by atoms with Crippen LogP contribution in [0.4, 0.5) is 5.69 Å². The maximum Gasteiger partial charge on any atom is 0.262 e. The van der Waals surface area contributed by atoms with Gasteiger partial charge < -0.3 is 9.47 Å². The van der Waals surface area contributed by atoms with Crippen LogP contribution in [-0.4, -0.2) is 15.0 Å². The second-order valence-electron chi connectivity index (χ2n) is 7.23.